The van der Waals surface area contributed by atoms with E-state index in [0.717, 1.165) is 5.75 Å². The van der Waals surface area contributed by atoms with E-state index in [1.165, 1.54) is 12.0 Å². The third-order valence-corrected chi connectivity index (χ3v) is 4.17. The van der Waals surface area contributed by atoms with Gasteiger partial charge in [0.25, 0.3) is 0 Å². The predicted octanol–water partition coefficient (Wildman–Crippen LogP) is 3.35. The van der Waals surface area contributed by atoms with Gasteiger partial charge in [-0.15, -0.1) is 0 Å². The zero-order chi connectivity index (χ0) is 21.1. The third-order valence-electron chi connectivity index (χ3n) is 4.17. The first-order chi connectivity index (χ1) is 14.1. The van der Waals surface area contributed by atoms with Crippen LogP contribution in [-0.4, -0.2) is 50.1 Å². The molecule has 0 spiro atoms. The van der Waals surface area contributed by atoms with Crippen LogP contribution in [0.5, 0.6) is 17.2 Å². The second kappa shape index (κ2) is 11.6. The predicted molar refractivity (Wildman–Crippen MR) is 112 cm³/mol. The molecule has 2 aromatic carbocycles. The number of hydrogen-bond donors (Lipinski definition) is 1. The maximum Gasteiger partial charge on any atom is 0.244 e. The minimum Gasteiger partial charge on any atom is -0.495 e. The number of benzene rings is 2. The summed E-state index contributed by atoms with van der Waals surface area (Å²) in [5.74, 6) is 1.58. The molecule has 0 atom stereocenters. The number of likely N-dealkylation sites (N-methyl/N-ethyl adjacent to an activating group) is 1. The molecule has 0 bridgehead atoms. The smallest absolute Gasteiger partial charge is 0.244 e. The highest BCUT2D eigenvalue weighted by atomic mass is 16.5. The van der Waals surface area contributed by atoms with Crippen molar-refractivity contribution in [2.75, 3.05) is 38.7 Å². The topological polar surface area (TPSA) is 77.1 Å². The van der Waals surface area contributed by atoms with E-state index in [1.54, 1.807) is 30.3 Å². The molecule has 0 radical (unpaired) electrons. The van der Waals surface area contributed by atoms with Crippen LogP contribution in [0.1, 0.15) is 20.3 Å². The molecule has 2 amide bonds. The van der Waals surface area contributed by atoms with Crippen molar-refractivity contribution in [3.63, 3.8) is 0 Å². The van der Waals surface area contributed by atoms with Crippen LogP contribution in [0, 0.1) is 0 Å². The van der Waals surface area contributed by atoms with E-state index in [0.29, 0.717) is 30.3 Å². The molecule has 0 fully saturated rings. The number of nitrogens with zero attached hydrogens (tertiary/aromatic N) is 1. The summed E-state index contributed by atoms with van der Waals surface area (Å²) in [4.78, 5) is 26.3. The summed E-state index contributed by atoms with van der Waals surface area (Å²) in [7, 11) is 1.54. The molecule has 7 nitrogen and oxygen atoms in total. The molecule has 0 unspecified atom stereocenters. The van der Waals surface area contributed by atoms with E-state index in [2.05, 4.69) is 5.32 Å². The Morgan fingerprint density at radius 2 is 1.62 bits per heavy atom. The molecule has 0 aliphatic rings. The van der Waals surface area contributed by atoms with Crippen molar-refractivity contribution in [1.82, 2.24) is 4.90 Å². The SMILES string of the molecule is CCOc1ccc(OCCC(=O)N(CC)CC(=O)Nc2ccccc2OC)cc1. The van der Waals surface area contributed by atoms with Gasteiger partial charge in [-0.3, -0.25) is 9.59 Å². The summed E-state index contributed by atoms with van der Waals surface area (Å²) in [5.41, 5.74) is 0.572. The van der Waals surface area contributed by atoms with Gasteiger partial charge in [0, 0.05) is 6.54 Å². The molecule has 0 aliphatic heterocycles. The van der Waals surface area contributed by atoms with E-state index >= 15 is 0 Å². The van der Waals surface area contributed by atoms with Crippen LogP contribution in [0.4, 0.5) is 5.69 Å². The Kier molecular flexibility index (Phi) is 8.82. The van der Waals surface area contributed by atoms with Crippen molar-refractivity contribution in [1.29, 1.82) is 0 Å². The number of methoxy groups -OCH3 is 1. The van der Waals surface area contributed by atoms with E-state index in [4.69, 9.17) is 14.2 Å². The van der Waals surface area contributed by atoms with Crippen molar-refractivity contribution in [3.05, 3.63) is 48.5 Å². The number of para-hydroxylation sites is 2. The number of rotatable bonds is 11. The quantitative estimate of drug-likeness (QED) is 0.626. The average molecular weight is 400 g/mol. The summed E-state index contributed by atoms with van der Waals surface area (Å²) in [6, 6.07) is 14.4. The molecular weight excluding hydrogens is 372 g/mol. The number of amides is 2. The van der Waals surface area contributed by atoms with Gasteiger partial charge in [0.2, 0.25) is 11.8 Å². The fourth-order valence-electron chi connectivity index (χ4n) is 2.70. The Morgan fingerprint density at radius 1 is 0.966 bits per heavy atom. The highest BCUT2D eigenvalue weighted by Crippen LogP contribution is 2.23. The Morgan fingerprint density at radius 3 is 2.24 bits per heavy atom. The Hall–Kier alpha value is -3.22. The van der Waals surface area contributed by atoms with Crippen LogP contribution >= 0.6 is 0 Å². The lowest BCUT2D eigenvalue weighted by Crippen LogP contribution is -2.38. The zero-order valence-electron chi connectivity index (χ0n) is 17.1. The summed E-state index contributed by atoms with van der Waals surface area (Å²) < 4.78 is 16.2. The number of nitrogens with one attached hydrogen (secondary N) is 1. The molecule has 2 aromatic rings. The van der Waals surface area contributed by atoms with Gasteiger partial charge in [-0.1, -0.05) is 12.1 Å². The summed E-state index contributed by atoms with van der Waals surface area (Å²) in [6.07, 6.45) is 0.184. The van der Waals surface area contributed by atoms with E-state index in [1.807, 2.05) is 32.0 Å². The average Bonchev–Trinajstić information content (AvgIpc) is 2.73. The number of carbonyl (C=O) groups is 2. The second-order valence-electron chi connectivity index (χ2n) is 6.16. The standard InChI is InChI=1S/C22H28N2O5/c1-4-24(16-21(25)23-19-8-6-7-9-20(19)27-3)22(26)14-15-29-18-12-10-17(11-13-18)28-5-2/h6-13H,4-5,14-16H2,1-3H3,(H,23,25). The van der Waals surface area contributed by atoms with Crippen LogP contribution in [0.2, 0.25) is 0 Å². The number of carbonyl (C=O) groups excluding carboxylic acids is 2. The maximum atomic E-state index is 12.4. The Labute approximate surface area is 171 Å². The monoisotopic (exact) mass is 400 g/mol. The summed E-state index contributed by atoms with van der Waals surface area (Å²) >= 11 is 0. The Balaban J connectivity index is 1.81. The van der Waals surface area contributed by atoms with Gasteiger partial charge < -0.3 is 24.4 Å². The van der Waals surface area contributed by atoms with Crippen LogP contribution in [-0.2, 0) is 9.59 Å². The van der Waals surface area contributed by atoms with Gasteiger partial charge in [0.1, 0.15) is 17.2 Å². The highest BCUT2D eigenvalue weighted by molar-refractivity contribution is 5.95. The van der Waals surface area contributed by atoms with Crippen LogP contribution in [0.15, 0.2) is 48.5 Å². The zero-order valence-corrected chi connectivity index (χ0v) is 17.1. The van der Waals surface area contributed by atoms with Crippen molar-refractivity contribution >= 4 is 17.5 Å². The van der Waals surface area contributed by atoms with Crippen molar-refractivity contribution < 1.29 is 23.8 Å². The second-order valence-corrected chi connectivity index (χ2v) is 6.16. The molecule has 0 aliphatic carbocycles. The molecule has 29 heavy (non-hydrogen) atoms. The lowest BCUT2D eigenvalue weighted by Gasteiger charge is -2.21. The van der Waals surface area contributed by atoms with Crippen LogP contribution < -0.4 is 19.5 Å². The lowest BCUT2D eigenvalue weighted by atomic mass is 10.3. The van der Waals surface area contributed by atoms with Crippen molar-refractivity contribution in [2.45, 2.75) is 20.3 Å². The summed E-state index contributed by atoms with van der Waals surface area (Å²) in [5, 5.41) is 2.78. The minimum atomic E-state index is -0.280. The van der Waals surface area contributed by atoms with Gasteiger partial charge in [0.15, 0.2) is 0 Å². The highest BCUT2D eigenvalue weighted by Gasteiger charge is 2.16. The molecular formula is C22H28N2O5. The largest absolute Gasteiger partial charge is 0.495 e. The van der Waals surface area contributed by atoms with Crippen LogP contribution in [0.25, 0.3) is 0 Å². The van der Waals surface area contributed by atoms with Crippen LogP contribution in [0.3, 0.4) is 0 Å². The molecule has 2 rings (SSSR count). The minimum absolute atomic E-state index is 0.0313. The molecule has 7 heteroatoms. The van der Waals surface area contributed by atoms with Gasteiger partial charge in [-0.25, -0.2) is 0 Å². The van der Waals surface area contributed by atoms with Crippen molar-refractivity contribution in [2.24, 2.45) is 0 Å². The van der Waals surface area contributed by atoms with E-state index < -0.39 is 0 Å². The fraction of sp³-hybridized carbons (Fsp3) is 0.364. The van der Waals surface area contributed by atoms with Gasteiger partial charge in [-0.2, -0.15) is 0 Å². The molecule has 0 heterocycles. The lowest BCUT2D eigenvalue weighted by molar-refractivity contribution is -0.134. The van der Waals surface area contributed by atoms with E-state index in [9.17, 15) is 9.59 Å². The first-order valence-corrected chi connectivity index (χ1v) is 9.63. The van der Waals surface area contributed by atoms with Gasteiger partial charge in [-0.05, 0) is 50.2 Å². The third kappa shape index (κ3) is 7.03. The number of hydrogen-bond acceptors (Lipinski definition) is 5. The molecule has 1 N–H and O–H groups in total. The van der Waals surface area contributed by atoms with E-state index in [-0.39, 0.29) is 31.4 Å². The first-order valence-electron chi connectivity index (χ1n) is 9.63. The molecule has 0 aromatic heterocycles. The summed E-state index contributed by atoms with van der Waals surface area (Å²) in [6.45, 7) is 5.00. The number of anilines is 1. The molecule has 0 saturated heterocycles. The normalized spacial score (nSPS) is 10.2. The van der Waals surface area contributed by atoms with Gasteiger partial charge in [0.05, 0.1) is 39.0 Å². The van der Waals surface area contributed by atoms with Crippen molar-refractivity contribution in [3.8, 4) is 17.2 Å². The number of ether oxygens (including phenoxy) is 3. The fourth-order valence-corrected chi connectivity index (χ4v) is 2.70. The Bertz CT molecular complexity index is 792. The van der Waals surface area contributed by atoms with Gasteiger partial charge >= 0.3 is 0 Å². The maximum absolute atomic E-state index is 12.4. The molecule has 156 valence electrons. The molecule has 0 saturated carbocycles. The first kappa shape index (κ1) is 22.1.